The first-order chi connectivity index (χ1) is 4.98. The Hall–Kier alpha value is -0.830. The minimum Gasteiger partial charge on any atom is -0.550 e. The van der Waals surface area contributed by atoms with Crippen molar-refractivity contribution in [3.8, 4) is 0 Å². The lowest BCUT2D eigenvalue weighted by molar-refractivity contribution is -0.838. The van der Waals surface area contributed by atoms with Gasteiger partial charge in [-0.05, 0) is 13.0 Å². The molecule has 0 spiro atoms. The summed E-state index contributed by atoms with van der Waals surface area (Å²) < 4.78 is 0.646. The predicted octanol–water partition coefficient (Wildman–Crippen LogP) is -0.264. The molecule has 0 aliphatic rings. The lowest BCUT2D eigenvalue weighted by atomic mass is 10.3. The first kappa shape index (κ1) is 10.2. The van der Waals surface area contributed by atoms with Crippen LogP contribution < -0.4 is 5.11 Å². The van der Waals surface area contributed by atoms with E-state index in [0.29, 0.717) is 10.9 Å². The van der Waals surface area contributed by atoms with E-state index in [0.717, 1.165) is 6.54 Å². The van der Waals surface area contributed by atoms with Crippen LogP contribution in [0.2, 0.25) is 0 Å². The topological polar surface area (TPSA) is 40.1 Å². The number of quaternary nitrogens is 1. The Morgan fingerprint density at radius 2 is 2.18 bits per heavy atom. The molecular weight excluding hydrogens is 142 g/mol. The highest BCUT2D eigenvalue weighted by Crippen LogP contribution is 2.00. The summed E-state index contributed by atoms with van der Waals surface area (Å²) in [5.74, 6) is -0.978. The fourth-order valence-electron chi connectivity index (χ4n) is 0.722. The number of carbonyl (C=O) groups excluding carboxylic acids is 1. The van der Waals surface area contributed by atoms with E-state index in [4.69, 9.17) is 0 Å². The molecule has 0 saturated carbocycles. The second-order valence-electron chi connectivity index (χ2n) is 3.16. The largest absolute Gasteiger partial charge is 0.550 e. The van der Waals surface area contributed by atoms with Gasteiger partial charge in [-0.1, -0.05) is 0 Å². The molecule has 3 nitrogen and oxygen atoms in total. The van der Waals surface area contributed by atoms with E-state index in [-0.39, 0.29) is 6.42 Å². The number of carbonyl (C=O) groups is 1. The number of aliphatic carboxylic acids is 1. The molecule has 0 heterocycles. The molecule has 0 aromatic rings. The quantitative estimate of drug-likeness (QED) is 0.516. The second-order valence-corrected chi connectivity index (χ2v) is 3.16. The number of carboxylic acids is 1. The van der Waals surface area contributed by atoms with Gasteiger partial charge in [0.15, 0.2) is 0 Å². The predicted molar refractivity (Wildman–Crippen MR) is 41.4 cm³/mol. The zero-order valence-electron chi connectivity index (χ0n) is 7.17. The lowest BCUT2D eigenvalue weighted by Gasteiger charge is -2.24. The van der Waals surface area contributed by atoms with Gasteiger partial charge in [0.2, 0.25) is 0 Å². The summed E-state index contributed by atoms with van der Waals surface area (Å²) in [7, 11) is 3.95. The Balaban J connectivity index is 3.53. The molecule has 0 aliphatic carbocycles. The molecule has 0 unspecified atom stereocenters. The summed E-state index contributed by atoms with van der Waals surface area (Å²) in [6.07, 6.45) is 2.56. The SMILES string of the molecule is C=C[N+](C)(C)CCCC(=O)[O-]. The summed E-state index contributed by atoms with van der Waals surface area (Å²) in [5.41, 5.74) is 0. The number of carboxylic acid groups (broad SMARTS) is 1. The maximum absolute atomic E-state index is 10.0. The van der Waals surface area contributed by atoms with Gasteiger partial charge < -0.3 is 14.4 Å². The van der Waals surface area contributed by atoms with Crippen LogP contribution in [0.3, 0.4) is 0 Å². The van der Waals surface area contributed by atoms with Crippen molar-refractivity contribution in [2.24, 2.45) is 0 Å². The Kier molecular flexibility index (Phi) is 3.82. The third kappa shape index (κ3) is 5.61. The average Bonchev–Trinajstić information content (AvgIpc) is 1.87. The van der Waals surface area contributed by atoms with Gasteiger partial charge in [-0.25, -0.2) is 0 Å². The standard InChI is InChI=1S/C8H15NO2/c1-4-9(2,3)7-5-6-8(10)11/h4H,1,5-7H2,2-3H3. The Morgan fingerprint density at radius 3 is 2.55 bits per heavy atom. The maximum atomic E-state index is 10.0. The van der Waals surface area contributed by atoms with Crippen LogP contribution in [0.25, 0.3) is 0 Å². The molecule has 11 heavy (non-hydrogen) atoms. The molecule has 0 aromatic heterocycles. The summed E-state index contributed by atoms with van der Waals surface area (Å²) in [6.45, 7) is 4.43. The van der Waals surface area contributed by atoms with Gasteiger partial charge in [0, 0.05) is 12.4 Å². The van der Waals surface area contributed by atoms with E-state index in [1.54, 1.807) is 6.20 Å². The molecule has 0 bridgehead atoms. The number of nitrogens with zero attached hydrogens (tertiary/aromatic N) is 1. The molecular formula is C8H15NO2. The van der Waals surface area contributed by atoms with Crippen LogP contribution in [-0.2, 0) is 4.79 Å². The minimum absolute atomic E-state index is 0.134. The zero-order chi connectivity index (χ0) is 8.91. The monoisotopic (exact) mass is 157 g/mol. The molecule has 3 heteroatoms. The maximum Gasteiger partial charge on any atom is 0.0881 e. The van der Waals surface area contributed by atoms with Gasteiger partial charge in [-0.2, -0.15) is 0 Å². The Bertz CT molecular complexity index is 152. The van der Waals surface area contributed by atoms with Crippen LogP contribution in [0.1, 0.15) is 12.8 Å². The van der Waals surface area contributed by atoms with Crippen molar-refractivity contribution in [1.29, 1.82) is 0 Å². The zero-order valence-corrected chi connectivity index (χ0v) is 7.17. The van der Waals surface area contributed by atoms with Gasteiger partial charge in [0.05, 0.1) is 26.8 Å². The van der Waals surface area contributed by atoms with Crippen molar-refractivity contribution in [2.45, 2.75) is 12.8 Å². The van der Waals surface area contributed by atoms with Gasteiger partial charge in [-0.15, -0.1) is 0 Å². The lowest BCUT2D eigenvalue weighted by Crippen LogP contribution is -2.34. The van der Waals surface area contributed by atoms with Crippen LogP contribution in [0.15, 0.2) is 12.8 Å². The molecule has 0 aliphatic heterocycles. The fraction of sp³-hybridized carbons (Fsp3) is 0.625. The Labute approximate surface area is 67.5 Å². The van der Waals surface area contributed by atoms with Crippen molar-refractivity contribution < 1.29 is 14.4 Å². The van der Waals surface area contributed by atoms with Gasteiger partial charge in [-0.3, -0.25) is 0 Å². The number of hydrogen-bond acceptors (Lipinski definition) is 2. The number of rotatable bonds is 5. The van der Waals surface area contributed by atoms with Crippen molar-refractivity contribution in [3.63, 3.8) is 0 Å². The van der Waals surface area contributed by atoms with Crippen LogP contribution in [0.4, 0.5) is 0 Å². The van der Waals surface area contributed by atoms with E-state index in [1.165, 1.54) is 0 Å². The van der Waals surface area contributed by atoms with Gasteiger partial charge in [0.1, 0.15) is 0 Å². The van der Waals surface area contributed by atoms with Crippen LogP contribution >= 0.6 is 0 Å². The van der Waals surface area contributed by atoms with E-state index < -0.39 is 5.97 Å². The molecule has 0 atom stereocenters. The first-order valence-corrected chi connectivity index (χ1v) is 3.64. The molecule has 0 saturated heterocycles. The van der Waals surface area contributed by atoms with E-state index in [1.807, 2.05) is 14.1 Å². The Morgan fingerprint density at radius 1 is 1.64 bits per heavy atom. The van der Waals surface area contributed by atoms with Crippen LogP contribution in [0, 0.1) is 0 Å². The van der Waals surface area contributed by atoms with Crippen LogP contribution in [-0.4, -0.2) is 31.1 Å². The van der Waals surface area contributed by atoms with E-state index >= 15 is 0 Å². The highest BCUT2D eigenvalue weighted by atomic mass is 16.4. The molecule has 0 rings (SSSR count). The molecule has 64 valence electrons. The van der Waals surface area contributed by atoms with Crippen molar-refractivity contribution in [2.75, 3.05) is 20.6 Å². The highest BCUT2D eigenvalue weighted by molar-refractivity contribution is 5.64. The minimum atomic E-state index is -0.978. The first-order valence-electron chi connectivity index (χ1n) is 3.64. The third-order valence-electron chi connectivity index (χ3n) is 1.61. The molecule has 0 aromatic carbocycles. The fourth-order valence-corrected chi connectivity index (χ4v) is 0.722. The van der Waals surface area contributed by atoms with E-state index in [2.05, 4.69) is 6.58 Å². The van der Waals surface area contributed by atoms with Crippen molar-refractivity contribution in [1.82, 2.24) is 0 Å². The van der Waals surface area contributed by atoms with Crippen molar-refractivity contribution >= 4 is 5.97 Å². The third-order valence-corrected chi connectivity index (χ3v) is 1.61. The van der Waals surface area contributed by atoms with Gasteiger partial charge in [0.25, 0.3) is 0 Å². The summed E-state index contributed by atoms with van der Waals surface area (Å²) in [6, 6.07) is 0. The average molecular weight is 157 g/mol. The summed E-state index contributed by atoms with van der Waals surface area (Å²) in [5, 5.41) is 10.0. The molecule has 0 N–H and O–H groups in total. The molecule has 0 radical (unpaired) electrons. The van der Waals surface area contributed by atoms with Crippen molar-refractivity contribution in [3.05, 3.63) is 12.8 Å². The summed E-state index contributed by atoms with van der Waals surface area (Å²) in [4.78, 5) is 10.0. The molecule has 0 amide bonds. The number of hydrogen-bond donors (Lipinski definition) is 0. The normalized spacial score (nSPS) is 11.1. The smallest absolute Gasteiger partial charge is 0.0881 e. The van der Waals surface area contributed by atoms with E-state index in [9.17, 15) is 9.90 Å². The molecule has 0 fully saturated rings. The van der Waals surface area contributed by atoms with Gasteiger partial charge >= 0.3 is 0 Å². The highest BCUT2D eigenvalue weighted by Gasteiger charge is 2.08. The summed E-state index contributed by atoms with van der Waals surface area (Å²) >= 11 is 0. The second kappa shape index (κ2) is 4.13. The van der Waals surface area contributed by atoms with Crippen LogP contribution in [0.5, 0.6) is 0 Å².